The van der Waals surface area contributed by atoms with Gasteiger partial charge in [-0.25, -0.2) is 14.8 Å². The predicted molar refractivity (Wildman–Crippen MR) is 93.1 cm³/mol. The van der Waals surface area contributed by atoms with Crippen LogP contribution in [0.4, 0.5) is 5.00 Å². The van der Waals surface area contributed by atoms with Crippen molar-refractivity contribution in [1.29, 1.82) is 0 Å². The maximum atomic E-state index is 12.6. The van der Waals surface area contributed by atoms with Crippen LogP contribution < -0.4 is 5.01 Å². The lowest BCUT2D eigenvalue weighted by Crippen LogP contribution is -2.51. The summed E-state index contributed by atoms with van der Waals surface area (Å²) in [5, 5.41) is 3.88. The standard InChI is InChI=1S/C17H22N2O5S/c1-3-24-17(22)14-12-5-4-6-13(21)15(12)25-16(14)19(11(2)20)18-7-9-23-10-8-18/h3-10H2,1-2H3. The van der Waals surface area contributed by atoms with Gasteiger partial charge < -0.3 is 9.47 Å². The molecular weight excluding hydrogens is 344 g/mol. The van der Waals surface area contributed by atoms with Crippen LogP contribution in [-0.2, 0) is 20.7 Å². The van der Waals surface area contributed by atoms with Gasteiger partial charge in [-0.1, -0.05) is 0 Å². The Morgan fingerprint density at radius 2 is 2.00 bits per heavy atom. The first-order chi connectivity index (χ1) is 12.0. The number of morpholine rings is 1. The van der Waals surface area contributed by atoms with Crippen LogP contribution in [0.2, 0.25) is 0 Å². The molecule has 25 heavy (non-hydrogen) atoms. The predicted octanol–water partition coefficient (Wildman–Crippen LogP) is 2.04. The number of hydrazine groups is 1. The van der Waals surface area contributed by atoms with Gasteiger partial charge in [-0.3, -0.25) is 9.59 Å². The fourth-order valence-electron chi connectivity index (χ4n) is 3.24. The van der Waals surface area contributed by atoms with Crippen LogP contribution in [0.3, 0.4) is 0 Å². The lowest BCUT2D eigenvalue weighted by atomic mass is 9.94. The first-order valence-electron chi connectivity index (χ1n) is 8.53. The molecule has 0 bridgehead atoms. The van der Waals surface area contributed by atoms with Crippen molar-refractivity contribution in [2.75, 3.05) is 37.9 Å². The van der Waals surface area contributed by atoms with E-state index < -0.39 is 5.97 Å². The lowest BCUT2D eigenvalue weighted by molar-refractivity contribution is -0.120. The first kappa shape index (κ1) is 18.0. The maximum absolute atomic E-state index is 12.6. The van der Waals surface area contributed by atoms with Gasteiger partial charge in [-0.2, -0.15) is 0 Å². The van der Waals surface area contributed by atoms with Crippen molar-refractivity contribution in [3.63, 3.8) is 0 Å². The van der Waals surface area contributed by atoms with Crippen LogP contribution in [0.25, 0.3) is 0 Å². The Morgan fingerprint density at radius 1 is 1.28 bits per heavy atom. The molecule has 1 amide bonds. The summed E-state index contributed by atoms with van der Waals surface area (Å²) >= 11 is 1.23. The number of hydrogen-bond donors (Lipinski definition) is 0. The second-order valence-corrected chi connectivity index (χ2v) is 6.98. The second-order valence-electron chi connectivity index (χ2n) is 5.98. The third-order valence-corrected chi connectivity index (χ3v) is 5.56. The van der Waals surface area contributed by atoms with Gasteiger partial charge in [0.15, 0.2) is 5.78 Å². The molecule has 2 heterocycles. The van der Waals surface area contributed by atoms with Gasteiger partial charge in [0.1, 0.15) is 5.00 Å². The fraction of sp³-hybridized carbons (Fsp3) is 0.588. The topological polar surface area (TPSA) is 76.2 Å². The van der Waals surface area contributed by atoms with Crippen molar-refractivity contribution in [2.45, 2.75) is 33.1 Å². The van der Waals surface area contributed by atoms with E-state index in [9.17, 15) is 14.4 Å². The average Bonchev–Trinajstić information content (AvgIpc) is 2.96. The van der Waals surface area contributed by atoms with E-state index in [4.69, 9.17) is 9.47 Å². The molecule has 1 fully saturated rings. The van der Waals surface area contributed by atoms with Crippen LogP contribution >= 0.6 is 11.3 Å². The molecule has 0 saturated carbocycles. The van der Waals surface area contributed by atoms with E-state index in [0.717, 1.165) is 5.56 Å². The minimum atomic E-state index is -0.468. The second kappa shape index (κ2) is 7.63. The van der Waals surface area contributed by atoms with E-state index in [1.807, 2.05) is 5.01 Å². The smallest absolute Gasteiger partial charge is 0.341 e. The third kappa shape index (κ3) is 3.47. The summed E-state index contributed by atoms with van der Waals surface area (Å²) in [6.45, 7) is 5.59. The molecule has 7 nitrogen and oxygen atoms in total. The molecule has 1 saturated heterocycles. The molecule has 136 valence electrons. The number of thiophene rings is 1. The zero-order valence-electron chi connectivity index (χ0n) is 14.5. The molecule has 0 unspecified atom stereocenters. The van der Waals surface area contributed by atoms with Gasteiger partial charge in [0.2, 0.25) is 5.91 Å². The zero-order valence-corrected chi connectivity index (χ0v) is 15.3. The molecule has 1 aliphatic carbocycles. The molecular formula is C17H22N2O5S. The van der Waals surface area contributed by atoms with E-state index in [1.54, 1.807) is 6.92 Å². The highest BCUT2D eigenvalue weighted by Crippen LogP contribution is 2.41. The molecule has 8 heteroatoms. The molecule has 1 aromatic rings. The highest BCUT2D eigenvalue weighted by atomic mass is 32.1. The fourth-order valence-corrected chi connectivity index (χ4v) is 4.62. The Hall–Kier alpha value is -1.77. The van der Waals surface area contributed by atoms with Gasteiger partial charge in [0, 0.05) is 26.4 Å². The summed E-state index contributed by atoms with van der Waals surface area (Å²) in [5.41, 5.74) is 1.10. The minimum Gasteiger partial charge on any atom is -0.462 e. The monoisotopic (exact) mass is 366 g/mol. The summed E-state index contributed by atoms with van der Waals surface area (Å²) in [6, 6.07) is 0. The number of carbonyl (C=O) groups excluding carboxylic acids is 3. The summed E-state index contributed by atoms with van der Waals surface area (Å²) in [5.74, 6) is -0.628. The van der Waals surface area contributed by atoms with Crippen molar-refractivity contribution >= 4 is 34.0 Å². The van der Waals surface area contributed by atoms with E-state index >= 15 is 0 Å². The number of fused-ring (bicyclic) bond motifs is 1. The van der Waals surface area contributed by atoms with Crippen molar-refractivity contribution in [3.8, 4) is 0 Å². The van der Waals surface area contributed by atoms with Crippen molar-refractivity contribution in [2.24, 2.45) is 0 Å². The van der Waals surface area contributed by atoms with Crippen LogP contribution in [0, 0.1) is 0 Å². The van der Waals surface area contributed by atoms with E-state index in [2.05, 4.69) is 0 Å². The molecule has 0 aromatic carbocycles. The lowest BCUT2D eigenvalue weighted by Gasteiger charge is -2.36. The summed E-state index contributed by atoms with van der Waals surface area (Å²) in [6.07, 6.45) is 1.85. The number of ketones is 1. The quantitative estimate of drug-likeness (QED) is 0.759. The SMILES string of the molecule is CCOC(=O)c1c(N(C(C)=O)N2CCOCC2)sc2c1CCCC2=O. The highest BCUT2D eigenvalue weighted by Gasteiger charge is 2.35. The van der Waals surface area contributed by atoms with Gasteiger partial charge >= 0.3 is 5.97 Å². The van der Waals surface area contributed by atoms with Crippen LogP contribution in [0.15, 0.2) is 0 Å². The number of amides is 1. The largest absolute Gasteiger partial charge is 0.462 e. The van der Waals surface area contributed by atoms with Crippen molar-refractivity contribution < 1.29 is 23.9 Å². The Kier molecular flexibility index (Phi) is 5.51. The van der Waals surface area contributed by atoms with Gasteiger partial charge in [-0.05, 0) is 25.3 Å². The molecule has 0 spiro atoms. The van der Waals surface area contributed by atoms with Crippen LogP contribution in [0.1, 0.15) is 52.3 Å². The van der Waals surface area contributed by atoms with Crippen LogP contribution in [0.5, 0.6) is 0 Å². The van der Waals surface area contributed by atoms with E-state index in [0.29, 0.717) is 61.0 Å². The Morgan fingerprint density at radius 3 is 2.64 bits per heavy atom. The number of hydrogen-bond acceptors (Lipinski definition) is 7. The zero-order chi connectivity index (χ0) is 18.0. The number of anilines is 1. The molecule has 2 aliphatic rings. The Labute approximate surface area is 150 Å². The molecule has 0 atom stereocenters. The Balaban J connectivity index is 2.10. The molecule has 0 N–H and O–H groups in total. The summed E-state index contributed by atoms with van der Waals surface area (Å²) in [4.78, 5) is 37.9. The van der Waals surface area contributed by atoms with Gasteiger partial charge in [0.25, 0.3) is 0 Å². The number of ether oxygens (including phenoxy) is 2. The Bertz CT molecular complexity index is 693. The number of esters is 1. The normalized spacial score (nSPS) is 17.9. The molecule has 0 radical (unpaired) electrons. The number of nitrogens with zero attached hydrogens (tertiary/aromatic N) is 2. The maximum Gasteiger partial charge on any atom is 0.341 e. The third-order valence-electron chi connectivity index (χ3n) is 4.31. The minimum absolute atomic E-state index is 0.0357. The molecule has 3 rings (SSSR count). The number of Topliss-reactive ketones (excluding diaryl/α,β-unsaturated/α-hetero) is 1. The highest BCUT2D eigenvalue weighted by molar-refractivity contribution is 7.18. The molecule has 1 aliphatic heterocycles. The average molecular weight is 366 g/mol. The van der Waals surface area contributed by atoms with E-state index in [-0.39, 0.29) is 18.3 Å². The van der Waals surface area contributed by atoms with Gasteiger partial charge in [0.05, 0.1) is 30.3 Å². The first-order valence-corrected chi connectivity index (χ1v) is 9.35. The molecule has 1 aromatic heterocycles. The summed E-state index contributed by atoms with van der Waals surface area (Å²) in [7, 11) is 0. The van der Waals surface area contributed by atoms with Gasteiger partial charge in [-0.15, -0.1) is 11.3 Å². The van der Waals surface area contributed by atoms with Crippen molar-refractivity contribution in [1.82, 2.24) is 5.01 Å². The van der Waals surface area contributed by atoms with Crippen molar-refractivity contribution in [3.05, 3.63) is 16.0 Å². The number of carbonyl (C=O) groups is 3. The summed E-state index contributed by atoms with van der Waals surface area (Å²) < 4.78 is 10.6. The van der Waals surface area contributed by atoms with Crippen LogP contribution in [-0.4, -0.2) is 55.6 Å². The number of rotatable bonds is 4. The van der Waals surface area contributed by atoms with E-state index in [1.165, 1.54) is 23.3 Å².